The molecule has 0 heterocycles. The Kier molecular flexibility index (Phi) is 6.11. The van der Waals surface area contributed by atoms with Gasteiger partial charge in [-0.1, -0.05) is 23.2 Å². The van der Waals surface area contributed by atoms with Gasteiger partial charge in [0.25, 0.3) is 5.69 Å². The number of hydrogen-bond acceptors (Lipinski definition) is 5. The van der Waals surface area contributed by atoms with Crippen LogP contribution in [0.25, 0.3) is 0 Å². The predicted octanol–water partition coefficient (Wildman–Crippen LogP) is 5.89. The van der Waals surface area contributed by atoms with E-state index in [4.69, 9.17) is 32.5 Å². The fraction of sp³-hybridized carbons (Fsp3) is 0.200. The van der Waals surface area contributed by atoms with Crippen molar-refractivity contribution in [1.29, 1.82) is 0 Å². The topological polar surface area (TPSA) is 78.7 Å². The molecule has 2 aromatic carbocycles. The molecule has 0 aromatic heterocycles. The van der Waals surface area contributed by atoms with Crippen molar-refractivity contribution in [3.63, 3.8) is 0 Å². The third-order valence-electron chi connectivity index (χ3n) is 3.48. The van der Waals surface area contributed by atoms with Gasteiger partial charge in [0.2, 0.25) is 7.37 Å². The van der Waals surface area contributed by atoms with Crippen LogP contribution in [-0.4, -0.2) is 18.7 Å². The molecule has 2 rings (SSSR count). The van der Waals surface area contributed by atoms with Crippen LogP contribution in [-0.2, 0) is 15.3 Å². The third-order valence-corrected chi connectivity index (χ3v) is 5.97. The second-order valence-corrected chi connectivity index (χ2v) is 8.66. The van der Waals surface area contributed by atoms with Crippen LogP contribution in [0.5, 0.6) is 11.5 Å². The molecule has 0 fully saturated rings. The quantitative estimate of drug-likeness (QED) is 0.327. The molecule has 0 bridgehead atoms. The Morgan fingerprint density at radius 2 is 1.70 bits per heavy atom. The molecule has 0 radical (unpaired) electrons. The summed E-state index contributed by atoms with van der Waals surface area (Å²) in [5.41, 5.74) is -1.52. The summed E-state index contributed by atoms with van der Waals surface area (Å²) < 4.78 is 61.0. The first-order valence-electron chi connectivity index (χ1n) is 7.03. The van der Waals surface area contributed by atoms with Gasteiger partial charge in [-0.2, -0.15) is 13.2 Å². The highest BCUT2D eigenvalue weighted by molar-refractivity contribution is 7.66. The highest BCUT2D eigenvalue weighted by Crippen LogP contribution is 2.46. The predicted molar refractivity (Wildman–Crippen MR) is 94.8 cm³/mol. The van der Waals surface area contributed by atoms with Crippen molar-refractivity contribution < 1.29 is 31.9 Å². The van der Waals surface area contributed by atoms with E-state index in [1.807, 2.05) is 0 Å². The van der Waals surface area contributed by atoms with Crippen molar-refractivity contribution >= 4 is 41.6 Å². The summed E-state index contributed by atoms with van der Waals surface area (Å²) >= 11 is 11.7. The van der Waals surface area contributed by atoms with E-state index in [1.165, 1.54) is 12.7 Å². The maximum atomic E-state index is 12.8. The lowest BCUT2D eigenvalue weighted by Crippen LogP contribution is -2.11. The van der Waals surface area contributed by atoms with Crippen molar-refractivity contribution in [2.24, 2.45) is 0 Å². The molecule has 1 unspecified atom stereocenters. The first-order valence-corrected chi connectivity index (χ1v) is 9.86. The maximum Gasteiger partial charge on any atom is 0.416 e. The molecular weight excluding hydrogens is 433 g/mol. The lowest BCUT2D eigenvalue weighted by molar-refractivity contribution is -0.383. The highest BCUT2D eigenvalue weighted by atomic mass is 35.5. The van der Waals surface area contributed by atoms with Crippen LogP contribution >= 0.6 is 30.6 Å². The van der Waals surface area contributed by atoms with E-state index in [0.717, 1.165) is 19.2 Å². The zero-order chi connectivity index (χ0) is 20.6. The summed E-state index contributed by atoms with van der Waals surface area (Å²) in [7, 11) is -2.41. The Hall–Kier alpha value is -1.80. The van der Waals surface area contributed by atoms with E-state index in [2.05, 4.69) is 0 Å². The van der Waals surface area contributed by atoms with Gasteiger partial charge in [-0.15, -0.1) is 0 Å². The highest BCUT2D eigenvalue weighted by Gasteiger charge is 2.33. The maximum absolute atomic E-state index is 12.8. The molecule has 0 saturated carbocycles. The minimum Gasteiger partial charge on any atom is -0.454 e. The van der Waals surface area contributed by atoms with Crippen molar-refractivity contribution in [2.45, 2.75) is 6.18 Å². The van der Waals surface area contributed by atoms with Gasteiger partial charge in [-0.25, -0.2) is 0 Å². The fourth-order valence-corrected chi connectivity index (χ4v) is 3.78. The minimum atomic E-state index is -4.65. The van der Waals surface area contributed by atoms with Gasteiger partial charge in [-0.3, -0.25) is 14.7 Å². The number of nitro groups is 1. The van der Waals surface area contributed by atoms with E-state index >= 15 is 0 Å². The molecule has 0 N–H and O–H groups in total. The molecular formula is C15H11Cl2F3NO5P. The van der Waals surface area contributed by atoms with Gasteiger partial charge in [0.15, 0.2) is 5.75 Å². The van der Waals surface area contributed by atoms with Crippen LogP contribution in [0.3, 0.4) is 0 Å². The molecule has 2 aromatic rings. The van der Waals surface area contributed by atoms with Gasteiger partial charge >= 0.3 is 6.18 Å². The Morgan fingerprint density at radius 1 is 1.15 bits per heavy atom. The van der Waals surface area contributed by atoms with E-state index in [0.29, 0.717) is 12.1 Å². The van der Waals surface area contributed by atoms with Crippen LogP contribution in [0.1, 0.15) is 5.56 Å². The zero-order valence-corrected chi connectivity index (χ0v) is 16.1. The van der Waals surface area contributed by atoms with Gasteiger partial charge in [-0.05, 0) is 18.2 Å². The smallest absolute Gasteiger partial charge is 0.416 e. The Labute approximate surface area is 161 Å². The molecule has 0 aliphatic rings. The van der Waals surface area contributed by atoms with Crippen molar-refractivity contribution in [1.82, 2.24) is 0 Å². The SMILES string of the molecule is COP(C)(=O)c1cc(Oc2c(Cl)cc(C(F)(F)F)cc2Cl)ccc1[N+](=O)[O-]. The number of nitro benzene ring substituents is 1. The lowest BCUT2D eigenvalue weighted by atomic mass is 10.2. The Bertz CT molecular complexity index is 929. The average molecular weight is 444 g/mol. The second-order valence-electron chi connectivity index (χ2n) is 5.30. The van der Waals surface area contributed by atoms with Gasteiger partial charge in [0, 0.05) is 25.9 Å². The standard InChI is InChI=1S/C15H11Cl2F3NO5P/c1-25-27(2,24)13-7-9(3-4-12(13)21(22)23)26-14-10(16)5-8(6-11(14)17)15(18,19)20/h3-7H,1-2H3. The molecule has 0 amide bonds. The number of rotatable bonds is 5. The largest absolute Gasteiger partial charge is 0.454 e. The van der Waals surface area contributed by atoms with Crippen LogP contribution in [0.4, 0.5) is 18.9 Å². The minimum absolute atomic E-state index is 0.0710. The molecule has 6 nitrogen and oxygen atoms in total. The molecule has 0 saturated heterocycles. The van der Waals surface area contributed by atoms with E-state index < -0.39 is 39.8 Å². The number of nitrogens with zero attached hydrogens (tertiary/aromatic N) is 1. The molecule has 27 heavy (non-hydrogen) atoms. The van der Waals surface area contributed by atoms with E-state index in [-0.39, 0.29) is 16.8 Å². The average Bonchev–Trinajstić information content (AvgIpc) is 2.56. The lowest BCUT2D eigenvalue weighted by Gasteiger charge is -2.15. The number of alkyl halides is 3. The molecule has 1 atom stereocenters. The Morgan fingerprint density at radius 3 is 2.15 bits per heavy atom. The van der Waals surface area contributed by atoms with E-state index in [9.17, 15) is 27.9 Å². The number of ether oxygens (including phenoxy) is 1. The van der Waals surface area contributed by atoms with Crippen LogP contribution in [0.2, 0.25) is 10.0 Å². The van der Waals surface area contributed by atoms with Gasteiger partial charge in [0.05, 0.1) is 20.5 Å². The zero-order valence-electron chi connectivity index (χ0n) is 13.7. The van der Waals surface area contributed by atoms with E-state index in [1.54, 1.807) is 0 Å². The fourth-order valence-electron chi connectivity index (χ4n) is 2.08. The van der Waals surface area contributed by atoms with Crippen LogP contribution in [0, 0.1) is 10.1 Å². The normalized spacial score (nSPS) is 13.9. The molecule has 0 spiro atoms. The summed E-state index contributed by atoms with van der Waals surface area (Å²) in [5, 5.41) is 10.1. The van der Waals surface area contributed by atoms with Gasteiger partial charge in [0.1, 0.15) is 11.1 Å². The van der Waals surface area contributed by atoms with Crippen molar-refractivity contribution in [2.75, 3.05) is 13.8 Å². The Balaban J connectivity index is 2.51. The van der Waals surface area contributed by atoms with Crippen molar-refractivity contribution in [3.05, 3.63) is 56.1 Å². The molecule has 0 aliphatic heterocycles. The van der Waals surface area contributed by atoms with Crippen molar-refractivity contribution in [3.8, 4) is 11.5 Å². The summed E-state index contributed by atoms with van der Waals surface area (Å²) in [5.74, 6) is -0.354. The molecule has 12 heteroatoms. The molecule has 0 aliphatic carbocycles. The molecule has 146 valence electrons. The second kappa shape index (κ2) is 7.67. The number of halogens is 5. The van der Waals surface area contributed by atoms with Gasteiger partial charge < -0.3 is 9.26 Å². The number of hydrogen-bond donors (Lipinski definition) is 0. The summed E-state index contributed by atoms with van der Waals surface area (Å²) in [6, 6.07) is 4.56. The third kappa shape index (κ3) is 4.73. The summed E-state index contributed by atoms with van der Waals surface area (Å²) in [6.45, 7) is 1.18. The van der Waals surface area contributed by atoms with Crippen LogP contribution < -0.4 is 10.0 Å². The number of benzene rings is 2. The summed E-state index contributed by atoms with van der Waals surface area (Å²) in [4.78, 5) is 10.4. The monoisotopic (exact) mass is 443 g/mol. The van der Waals surface area contributed by atoms with Crippen LogP contribution in [0.15, 0.2) is 30.3 Å². The summed E-state index contributed by atoms with van der Waals surface area (Å²) in [6.07, 6.45) is -4.65. The first-order chi connectivity index (χ1) is 12.4. The first kappa shape index (κ1) is 21.5.